The lowest BCUT2D eigenvalue weighted by Gasteiger charge is -2.16. The summed E-state index contributed by atoms with van der Waals surface area (Å²) in [4.78, 5) is 3.34. The molecule has 0 atom stereocenters. The fraction of sp³-hybridized carbons (Fsp3) is 0.400. The first-order chi connectivity index (χ1) is 8.26. The van der Waals surface area contributed by atoms with E-state index in [0.29, 0.717) is 0 Å². The van der Waals surface area contributed by atoms with Crippen molar-refractivity contribution in [1.29, 1.82) is 5.26 Å². The van der Waals surface area contributed by atoms with E-state index in [0.717, 1.165) is 6.20 Å². The predicted molar refractivity (Wildman–Crippen MR) is 49.9 cm³/mol. The number of rotatable bonds is 3. The number of nitriles is 1. The minimum atomic E-state index is -5.02. The van der Waals surface area contributed by atoms with Gasteiger partial charge in [0.1, 0.15) is 11.4 Å². The standard InChI is InChI=1S/C10H7F5N2O/c1-5-4-17-7(9(11)12)6(2-3-16)8(5)18-10(13,14)15/h4,9H,2H2,1H3. The predicted octanol–water partition coefficient (Wildman–Crippen LogP) is 3.29. The summed E-state index contributed by atoms with van der Waals surface area (Å²) in [6.45, 7) is 1.23. The molecule has 1 rings (SSSR count). The maximum Gasteiger partial charge on any atom is 0.573 e. The minimum absolute atomic E-state index is 0.0676. The first-order valence-electron chi connectivity index (χ1n) is 4.65. The summed E-state index contributed by atoms with van der Waals surface area (Å²) in [5, 5.41) is 8.48. The molecule has 98 valence electrons. The Balaban J connectivity index is 3.37. The van der Waals surface area contributed by atoms with Gasteiger partial charge in [-0.1, -0.05) is 0 Å². The molecule has 0 aromatic carbocycles. The van der Waals surface area contributed by atoms with Crippen molar-refractivity contribution in [1.82, 2.24) is 4.98 Å². The molecule has 3 nitrogen and oxygen atoms in total. The Morgan fingerprint density at radius 3 is 2.50 bits per heavy atom. The summed E-state index contributed by atoms with van der Waals surface area (Å²) in [5.74, 6) is -0.783. The zero-order valence-corrected chi connectivity index (χ0v) is 9.05. The van der Waals surface area contributed by atoms with Crippen LogP contribution in [-0.4, -0.2) is 11.3 Å². The highest BCUT2D eigenvalue weighted by molar-refractivity contribution is 5.44. The number of pyridine rings is 1. The lowest BCUT2D eigenvalue weighted by Crippen LogP contribution is -2.20. The Kier molecular flexibility index (Phi) is 4.06. The van der Waals surface area contributed by atoms with Crippen molar-refractivity contribution in [2.24, 2.45) is 0 Å². The summed E-state index contributed by atoms with van der Waals surface area (Å²) in [7, 11) is 0. The molecule has 0 saturated carbocycles. The molecule has 1 heterocycles. The maximum absolute atomic E-state index is 12.6. The zero-order valence-electron chi connectivity index (χ0n) is 9.05. The molecule has 0 N–H and O–H groups in total. The molecule has 1 aromatic rings. The van der Waals surface area contributed by atoms with Gasteiger partial charge in [0.2, 0.25) is 0 Å². The zero-order chi connectivity index (χ0) is 13.9. The fourth-order valence-corrected chi connectivity index (χ4v) is 1.35. The van der Waals surface area contributed by atoms with Gasteiger partial charge in [-0.05, 0) is 6.92 Å². The molecule has 0 bridgehead atoms. The van der Waals surface area contributed by atoms with Gasteiger partial charge in [0.15, 0.2) is 0 Å². The third kappa shape index (κ3) is 3.29. The number of hydrogen-bond donors (Lipinski definition) is 0. The Labute approximate surface area is 98.8 Å². The van der Waals surface area contributed by atoms with Crippen molar-refractivity contribution in [3.63, 3.8) is 0 Å². The Bertz CT molecular complexity index is 478. The number of aryl methyl sites for hydroxylation is 1. The van der Waals surface area contributed by atoms with Crippen LogP contribution in [0.4, 0.5) is 22.0 Å². The summed E-state index contributed by atoms with van der Waals surface area (Å²) < 4.78 is 65.3. The van der Waals surface area contributed by atoms with Gasteiger partial charge in [0.25, 0.3) is 6.43 Å². The van der Waals surface area contributed by atoms with Crippen LogP contribution in [0.25, 0.3) is 0 Å². The molecule has 8 heteroatoms. The van der Waals surface area contributed by atoms with Crippen LogP contribution >= 0.6 is 0 Å². The molecule has 1 aromatic heterocycles. The molecular weight excluding hydrogens is 259 g/mol. The van der Waals surface area contributed by atoms with Gasteiger partial charge in [-0.2, -0.15) is 5.26 Å². The van der Waals surface area contributed by atoms with Crippen LogP contribution in [0.2, 0.25) is 0 Å². The second kappa shape index (κ2) is 5.16. The Morgan fingerprint density at radius 2 is 2.06 bits per heavy atom. The van der Waals surface area contributed by atoms with E-state index in [1.165, 1.54) is 13.0 Å². The van der Waals surface area contributed by atoms with Crippen molar-refractivity contribution in [2.75, 3.05) is 0 Å². The maximum atomic E-state index is 12.6. The highest BCUT2D eigenvalue weighted by Crippen LogP contribution is 2.34. The Hall–Kier alpha value is -1.91. The number of hydrogen-bond acceptors (Lipinski definition) is 3. The van der Waals surface area contributed by atoms with E-state index in [1.807, 2.05) is 0 Å². The summed E-state index contributed by atoms with van der Waals surface area (Å²) in [5.41, 5.74) is -1.48. The monoisotopic (exact) mass is 266 g/mol. The van der Waals surface area contributed by atoms with Crippen molar-refractivity contribution in [2.45, 2.75) is 26.1 Å². The Morgan fingerprint density at radius 1 is 1.44 bits per heavy atom. The van der Waals surface area contributed by atoms with Crippen LogP contribution in [0.1, 0.15) is 23.2 Å². The van der Waals surface area contributed by atoms with Crippen LogP contribution in [-0.2, 0) is 6.42 Å². The van der Waals surface area contributed by atoms with Crippen molar-refractivity contribution in [3.05, 3.63) is 23.0 Å². The van der Waals surface area contributed by atoms with Gasteiger partial charge >= 0.3 is 6.36 Å². The summed E-state index contributed by atoms with van der Waals surface area (Å²) in [6, 6.07) is 1.51. The van der Waals surface area contributed by atoms with Crippen LogP contribution in [0, 0.1) is 18.3 Å². The summed E-state index contributed by atoms with van der Waals surface area (Å²) in [6.07, 6.45) is -7.89. The van der Waals surface area contributed by atoms with E-state index in [-0.39, 0.29) is 5.56 Å². The van der Waals surface area contributed by atoms with E-state index in [2.05, 4.69) is 9.72 Å². The summed E-state index contributed by atoms with van der Waals surface area (Å²) >= 11 is 0. The molecule has 0 spiro atoms. The lowest BCUT2D eigenvalue weighted by atomic mass is 10.1. The van der Waals surface area contributed by atoms with Crippen molar-refractivity contribution >= 4 is 0 Å². The topological polar surface area (TPSA) is 45.9 Å². The SMILES string of the molecule is Cc1cnc(C(F)F)c(CC#N)c1OC(F)(F)F. The van der Waals surface area contributed by atoms with Gasteiger partial charge < -0.3 is 4.74 Å². The second-order valence-corrected chi connectivity index (χ2v) is 3.32. The van der Waals surface area contributed by atoms with Gasteiger partial charge in [0.05, 0.1) is 12.5 Å². The minimum Gasteiger partial charge on any atom is -0.405 e. The first kappa shape index (κ1) is 14.2. The largest absolute Gasteiger partial charge is 0.573 e. The van der Waals surface area contributed by atoms with E-state index in [1.54, 1.807) is 0 Å². The van der Waals surface area contributed by atoms with Gasteiger partial charge in [-0.15, -0.1) is 13.2 Å². The molecule has 0 radical (unpaired) electrons. The highest BCUT2D eigenvalue weighted by Gasteiger charge is 2.34. The second-order valence-electron chi connectivity index (χ2n) is 3.32. The van der Waals surface area contributed by atoms with Crippen molar-refractivity contribution in [3.8, 4) is 11.8 Å². The first-order valence-corrected chi connectivity index (χ1v) is 4.65. The molecule has 18 heavy (non-hydrogen) atoms. The normalized spacial score (nSPS) is 11.4. The lowest BCUT2D eigenvalue weighted by molar-refractivity contribution is -0.275. The number of halogens is 5. The third-order valence-corrected chi connectivity index (χ3v) is 2.02. The van der Waals surface area contributed by atoms with Crippen LogP contribution in [0.15, 0.2) is 6.20 Å². The van der Waals surface area contributed by atoms with Gasteiger partial charge in [0, 0.05) is 17.3 Å². The van der Waals surface area contributed by atoms with Crippen LogP contribution in [0.5, 0.6) is 5.75 Å². The molecule has 0 aliphatic carbocycles. The molecular formula is C10H7F5N2O. The van der Waals surface area contributed by atoms with Gasteiger partial charge in [-0.3, -0.25) is 4.98 Å². The van der Waals surface area contributed by atoms with E-state index in [9.17, 15) is 22.0 Å². The number of ether oxygens (including phenoxy) is 1. The van der Waals surface area contributed by atoms with E-state index < -0.39 is 36.2 Å². The average molecular weight is 266 g/mol. The van der Waals surface area contributed by atoms with Crippen LogP contribution < -0.4 is 4.74 Å². The molecule has 0 aliphatic heterocycles. The average Bonchev–Trinajstić information content (AvgIpc) is 2.21. The molecule has 0 amide bonds. The third-order valence-electron chi connectivity index (χ3n) is 2.02. The molecule has 0 saturated heterocycles. The quantitative estimate of drug-likeness (QED) is 0.788. The molecule has 0 aliphatic rings. The number of aromatic nitrogens is 1. The fourth-order valence-electron chi connectivity index (χ4n) is 1.35. The van der Waals surface area contributed by atoms with Crippen molar-refractivity contribution < 1.29 is 26.7 Å². The smallest absolute Gasteiger partial charge is 0.405 e. The van der Waals surface area contributed by atoms with E-state index in [4.69, 9.17) is 5.26 Å². The van der Waals surface area contributed by atoms with Crippen LogP contribution in [0.3, 0.4) is 0 Å². The molecule has 0 unspecified atom stereocenters. The van der Waals surface area contributed by atoms with E-state index >= 15 is 0 Å². The number of nitrogens with zero attached hydrogens (tertiary/aromatic N) is 2. The number of alkyl halides is 5. The molecule has 0 fully saturated rings. The van der Waals surface area contributed by atoms with Gasteiger partial charge in [-0.25, -0.2) is 8.78 Å². The highest BCUT2D eigenvalue weighted by atomic mass is 19.4.